The highest BCUT2D eigenvalue weighted by Crippen LogP contribution is 2.14. The van der Waals surface area contributed by atoms with Crippen LogP contribution in [0.15, 0.2) is 23.7 Å². The summed E-state index contributed by atoms with van der Waals surface area (Å²) < 4.78 is 0. The predicted octanol–water partition coefficient (Wildman–Crippen LogP) is 2.80. The molecule has 2 aromatic rings. The van der Waals surface area contributed by atoms with E-state index in [0.29, 0.717) is 12.4 Å². The quantitative estimate of drug-likeness (QED) is 0.849. The van der Waals surface area contributed by atoms with E-state index in [9.17, 15) is 4.79 Å². The first-order chi connectivity index (χ1) is 9.19. The minimum Gasteiger partial charge on any atom is -0.478 e. The van der Waals surface area contributed by atoms with Gasteiger partial charge in [0.1, 0.15) is 10.8 Å². The predicted molar refractivity (Wildman–Crippen MR) is 74.6 cm³/mol. The molecule has 0 fully saturated rings. The Balaban J connectivity index is 2.16. The van der Waals surface area contributed by atoms with E-state index in [4.69, 9.17) is 5.11 Å². The van der Waals surface area contributed by atoms with Crippen molar-refractivity contribution >= 4 is 23.1 Å². The van der Waals surface area contributed by atoms with Gasteiger partial charge in [-0.3, -0.25) is 0 Å². The lowest BCUT2D eigenvalue weighted by Crippen LogP contribution is -2.06. The van der Waals surface area contributed by atoms with Crippen LogP contribution in [0.25, 0.3) is 0 Å². The molecule has 2 rings (SSSR count). The van der Waals surface area contributed by atoms with Crippen molar-refractivity contribution in [2.24, 2.45) is 0 Å². The molecule has 0 saturated carbocycles. The Kier molecular flexibility index (Phi) is 4.46. The number of aromatic nitrogens is 2. The monoisotopic (exact) mass is 277 g/mol. The Labute approximate surface area is 115 Å². The standard InChI is InChI=1S/C13H15N3O2S/c1-2-3-10-6-9(13(17)18)7-11(16-10)15-8-12-14-4-5-19-12/h4-7H,2-3,8H2,1H3,(H,15,16)(H,17,18). The highest BCUT2D eigenvalue weighted by Gasteiger charge is 2.08. The molecule has 2 heterocycles. The van der Waals surface area contributed by atoms with Crippen LogP contribution in [0, 0.1) is 0 Å². The molecule has 0 amide bonds. The number of hydrogen-bond acceptors (Lipinski definition) is 5. The number of hydrogen-bond donors (Lipinski definition) is 2. The highest BCUT2D eigenvalue weighted by molar-refractivity contribution is 7.09. The lowest BCUT2D eigenvalue weighted by atomic mass is 10.1. The van der Waals surface area contributed by atoms with Gasteiger partial charge in [0.25, 0.3) is 0 Å². The molecule has 0 radical (unpaired) electrons. The molecule has 0 saturated heterocycles. The SMILES string of the molecule is CCCc1cc(C(=O)O)cc(NCc2nccs2)n1. The summed E-state index contributed by atoms with van der Waals surface area (Å²) in [7, 11) is 0. The van der Waals surface area contributed by atoms with Crippen molar-refractivity contribution in [3.63, 3.8) is 0 Å². The minimum absolute atomic E-state index is 0.264. The van der Waals surface area contributed by atoms with Crippen molar-refractivity contribution in [2.75, 3.05) is 5.32 Å². The zero-order valence-electron chi connectivity index (χ0n) is 10.6. The summed E-state index contributed by atoms with van der Waals surface area (Å²) >= 11 is 1.55. The molecule has 0 aliphatic rings. The third-order valence-electron chi connectivity index (χ3n) is 2.54. The largest absolute Gasteiger partial charge is 0.478 e. The molecule has 0 spiro atoms. The molecule has 2 N–H and O–H groups in total. The summed E-state index contributed by atoms with van der Waals surface area (Å²) in [4.78, 5) is 19.6. The Morgan fingerprint density at radius 2 is 2.32 bits per heavy atom. The first kappa shape index (κ1) is 13.5. The van der Waals surface area contributed by atoms with Gasteiger partial charge in [0.05, 0.1) is 12.1 Å². The minimum atomic E-state index is -0.933. The Morgan fingerprint density at radius 3 is 2.95 bits per heavy atom. The molecule has 0 aliphatic carbocycles. The molecule has 19 heavy (non-hydrogen) atoms. The zero-order chi connectivity index (χ0) is 13.7. The van der Waals surface area contributed by atoms with Crippen molar-refractivity contribution in [1.29, 1.82) is 0 Å². The van der Waals surface area contributed by atoms with E-state index in [1.165, 1.54) is 0 Å². The van der Waals surface area contributed by atoms with Crippen molar-refractivity contribution in [2.45, 2.75) is 26.3 Å². The molecule has 0 bridgehead atoms. The van der Waals surface area contributed by atoms with Crippen LogP contribution in [-0.2, 0) is 13.0 Å². The van der Waals surface area contributed by atoms with Crippen molar-refractivity contribution < 1.29 is 9.90 Å². The average Bonchev–Trinajstić information content (AvgIpc) is 2.89. The van der Waals surface area contributed by atoms with Gasteiger partial charge >= 0.3 is 5.97 Å². The van der Waals surface area contributed by atoms with Gasteiger partial charge in [-0.15, -0.1) is 11.3 Å². The van der Waals surface area contributed by atoms with Gasteiger partial charge in [0.15, 0.2) is 0 Å². The maximum Gasteiger partial charge on any atom is 0.335 e. The number of anilines is 1. The highest BCUT2D eigenvalue weighted by atomic mass is 32.1. The van der Waals surface area contributed by atoms with Crippen LogP contribution >= 0.6 is 11.3 Å². The van der Waals surface area contributed by atoms with Gasteiger partial charge in [0, 0.05) is 17.3 Å². The number of carboxylic acids is 1. The van der Waals surface area contributed by atoms with E-state index in [1.54, 1.807) is 29.7 Å². The second kappa shape index (κ2) is 6.29. The second-order valence-corrected chi connectivity index (χ2v) is 5.05. The smallest absolute Gasteiger partial charge is 0.335 e. The lowest BCUT2D eigenvalue weighted by molar-refractivity contribution is 0.0696. The summed E-state index contributed by atoms with van der Waals surface area (Å²) in [6.45, 7) is 2.59. The molecular weight excluding hydrogens is 262 g/mol. The fourth-order valence-electron chi connectivity index (χ4n) is 1.69. The molecule has 0 unspecified atom stereocenters. The van der Waals surface area contributed by atoms with Crippen molar-refractivity contribution in [3.8, 4) is 0 Å². The van der Waals surface area contributed by atoms with Gasteiger partial charge in [-0.05, 0) is 18.6 Å². The summed E-state index contributed by atoms with van der Waals surface area (Å²) in [5.74, 6) is -0.351. The number of carbonyl (C=O) groups is 1. The third-order valence-corrected chi connectivity index (χ3v) is 3.32. The molecule has 0 atom stereocenters. The number of pyridine rings is 1. The van der Waals surface area contributed by atoms with Crippen LogP contribution in [-0.4, -0.2) is 21.0 Å². The molecular formula is C13H15N3O2S. The topological polar surface area (TPSA) is 75.1 Å². The van der Waals surface area contributed by atoms with Gasteiger partial charge in [0.2, 0.25) is 0 Å². The lowest BCUT2D eigenvalue weighted by Gasteiger charge is -2.07. The molecule has 2 aromatic heterocycles. The Morgan fingerprint density at radius 1 is 1.47 bits per heavy atom. The van der Waals surface area contributed by atoms with Gasteiger partial charge in [-0.25, -0.2) is 14.8 Å². The second-order valence-electron chi connectivity index (χ2n) is 4.07. The van der Waals surface area contributed by atoms with Gasteiger partial charge < -0.3 is 10.4 Å². The maximum atomic E-state index is 11.1. The van der Waals surface area contributed by atoms with Crippen molar-refractivity contribution in [3.05, 3.63) is 40.0 Å². The average molecular weight is 277 g/mol. The maximum absolute atomic E-state index is 11.1. The normalized spacial score (nSPS) is 10.4. The molecule has 5 nitrogen and oxygen atoms in total. The van der Waals surface area contributed by atoms with E-state index in [-0.39, 0.29) is 5.56 Å². The fourth-order valence-corrected chi connectivity index (χ4v) is 2.25. The van der Waals surface area contributed by atoms with E-state index in [2.05, 4.69) is 15.3 Å². The van der Waals surface area contributed by atoms with Crippen LogP contribution in [0.2, 0.25) is 0 Å². The third kappa shape index (κ3) is 3.75. The van der Waals surface area contributed by atoms with E-state index >= 15 is 0 Å². The van der Waals surface area contributed by atoms with E-state index in [1.807, 2.05) is 12.3 Å². The van der Waals surface area contributed by atoms with Gasteiger partial charge in [-0.1, -0.05) is 13.3 Å². The van der Waals surface area contributed by atoms with Crippen LogP contribution < -0.4 is 5.32 Å². The van der Waals surface area contributed by atoms with Crippen LogP contribution in [0.3, 0.4) is 0 Å². The Hall–Kier alpha value is -1.95. The Bertz CT molecular complexity index is 555. The summed E-state index contributed by atoms with van der Waals surface area (Å²) in [5, 5.41) is 15.1. The van der Waals surface area contributed by atoms with E-state index in [0.717, 1.165) is 23.5 Å². The number of nitrogens with zero attached hydrogens (tertiary/aromatic N) is 2. The number of aromatic carboxylic acids is 1. The van der Waals surface area contributed by atoms with Crippen LogP contribution in [0.1, 0.15) is 34.4 Å². The number of nitrogens with one attached hydrogen (secondary N) is 1. The zero-order valence-corrected chi connectivity index (χ0v) is 11.4. The summed E-state index contributed by atoms with van der Waals surface area (Å²) in [6.07, 6.45) is 3.44. The first-order valence-electron chi connectivity index (χ1n) is 6.05. The summed E-state index contributed by atoms with van der Waals surface area (Å²) in [5.41, 5.74) is 1.06. The number of aryl methyl sites for hydroxylation is 1. The number of thiazole rings is 1. The molecule has 6 heteroatoms. The number of rotatable bonds is 6. The van der Waals surface area contributed by atoms with Gasteiger partial charge in [-0.2, -0.15) is 0 Å². The number of carboxylic acid groups (broad SMARTS) is 1. The van der Waals surface area contributed by atoms with Crippen LogP contribution in [0.4, 0.5) is 5.82 Å². The molecule has 0 aromatic carbocycles. The fraction of sp³-hybridized carbons (Fsp3) is 0.308. The van der Waals surface area contributed by atoms with E-state index < -0.39 is 5.97 Å². The first-order valence-corrected chi connectivity index (χ1v) is 6.93. The molecule has 0 aliphatic heterocycles. The summed E-state index contributed by atoms with van der Waals surface area (Å²) in [6, 6.07) is 3.18. The van der Waals surface area contributed by atoms with Crippen LogP contribution in [0.5, 0.6) is 0 Å². The molecule has 100 valence electrons. The van der Waals surface area contributed by atoms with Crippen molar-refractivity contribution in [1.82, 2.24) is 9.97 Å².